The smallest absolute Gasteiger partial charge is 0.306 e. The van der Waals surface area contributed by atoms with E-state index in [2.05, 4.69) is 0 Å². The third-order valence-electron chi connectivity index (χ3n) is 5.76. The van der Waals surface area contributed by atoms with Crippen LogP contribution in [0, 0.1) is 5.92 Å². The van der Waals surface area contributed by atoms with Gasteiger partial charge < -0.3 is 14.3 Å². The Morgan fingerprint density at radius 1 is 1.14 bits per heavy atom. The van der Waals surface area contributed by atoms with Crippen LogP contribution < -0.4 is 10.2 Å². The molecule has 0 unspecified atom stereocenters. The van der Waals surface area contributed by atoms with E-state index < -0.39 is 5.97 Å². The molecule has 1 N–H and O–H groups in total. The van der Waals surface area contributed by atoms with Crippen molar-refractivity contribution in [1.82, 2.24) is 0 Å². The fourth-order valence-corrected chi connectivity index (χ4v) is 4.04. The van der Waals surface area contributed by atoms with E-state index >= 15 is 0 Å². The summed E-state index contributed by atoms with van der Waals surface area (Å²) in [5.74, 6) is 0.414. The van der Waals surface area contributed by atoms with E-state index in [0.29, 0.717) is 51.8 Å². The minimum Gasteiger partial charge on any atom is -0.490 e. The first-order chi connectivity index (χ1) is 14.0. The highest BCUT2D eigenvalue weighted by Gasteiger charge is 2.37. The molecule has 1 aromatic heterocycles. The van der Waals surface area contributed by atoms with Crippen molar-refractivity contribution in [2.75, 3.05) is 0 Å². The number of fused-ring (bicyclic) bond motifs is 1. The average molecular weight is 411 g/mol. The van der Waals surface area contributed by atoms with Gasteiger partial charge in [0.15, 0.2) is 11.0 Å². The predicted octanol–water partition coefficient (Wildman–Crippen LogP) is 5.23. The molecule has 0 atom stereocenters. The van der Waals surface area contributed by atoms with Crippen LogP contribution in [0.25, 0.3) is 22.3 Å². The Labute approximate surface area is 171 Å². The van der Waals surface area contributed by atoms with Crippen molar-refractivity contribution in [1.29, 1.82) is 0 Å². The summed E-state index contributed by atoms with van der Waals surface area (Å²) in [6, 6.07) is 12.5. The van der Waals surface area contributed by atoms with Crippen LogP contribution in [-0.2, 0) is 4.79 Å². The van der Waals surface area contributed by atoms with Crippen LogP contribution in [0.1, 0.15) is 37.2 Å². The van der Waals surface area contributed by atoms with E-state index in [1.54, 1.807) is 18.2 Å². The second kappa shape index (κ2) is 6.92. The lowest BCUT2D eigenvalue weighted by atomic mass is 9.82. The Kier molecular flexibility index (Phi) is 4.36. The second-order valence-electron chi connectivity index (χ2n) is 7.87. The summed E-state index contributed by atoms with van der Waals surface area (Å²) in [5.41, 5.74) is 2.05. The first-order valence-electron chi connectivity index (χ1n) is 9.76. The first-order valence-corrected chi connectivity index (χ1v) is 10.1. The van der Waals surface area contributed by atoms with E-state index in [-0.39, 0.29) is 17.5 Å². The minimum absolute atomic E-state index is 0.153. The molecule has 0 bridgehead atoms. The SMILES string of the molecule is O=C(O)C1CC(Oc2cc(C3CC3)ccc2-c2cc(=O)c3cccc(Cl)c3o2)C1. The van der Waals surface area contributed by atoms with Crippen molar-refractivity contribution in [3.8, 4) is 17.1 Å². The van der Waals surface area contributed by atoms with Crippen molar-refractivity contribution in [2.24, 2.45) is 5.92 Å². The van der Waals surface area contributed by atoms with Gasteiger partial charge in [-0.25, -0.2) is 0 Å². The Morgan fingerprint density at radius 3 is 2.66 bits per heavy atom. The summed E-state index contributed by atoms with van der Waals surface area (Å²) in [5, 5.41) is 9.92. The molecule has 3 aromatic rings. The van der Waals surface area contributed by atoms with Gasteiger partial charge in [-0.3, -0.25) is 9.59 Å². The number of hydrogen-bond donors (Lipinski definition) is 1. The molecule has 5 rings (SSSR count). The van der Waals surface area contributed by atoms with Gasteiger partial charge in [0.25, 0.3) is 0 Å². The fraction of sp³-hybridized carbons (Fsp3) is 0.304. The summed E-state index contributed by atoms with van der Waals surface area (Å²) in [4.78, 5) is 23.7. The van der Waals surface area contributed by atoms with E-state index in [1.165, 1.54) is 11.6 Å². The van der Waals surface area contributed by atoms with Crippen molar-refractivity contribution in [3.63, 3.8) is 0 Å². The Bertz CT molecular complexity index is 1170. The Hall–Kier alpha value is -2.79. The third-order valence-corrected chi connectivity index (χ3v) is 6.06. The van der Waals surface area contributed by atoms with E-state index in [9.17, 15) is 9.59 Å². The summed E-state index contributed by atoms with van der Waals surface area (Å²) in [6.07, 6.45) is 3.12. The maximum absolute atomic E-state index is 12.6. The molecule has 0 radical (unpaired) electrons. The van der Waals surface area contributed by atoms with Crippen LogP contribution >= 0.6 is 11.6 Å². The van der Waals surface area contributed by atoms with Gasteiger partial charge in [0, 0.05) is 6.07 Å². The van der Waals surface area contributed by atoms with Crippen LogP contribution in [0.3, 0.4) is 0 Å². The van der Waals surface area contributed by atoms with Gasteiger partial charge in [-0.15, -0.1) is 0 Å². The zero-order chi connectivity index (χ0) is 20.1. The van der Waals surface area contributed by atoms with Gasteiger partial charge in [0.2, 0.25) is 0 Å². The summed E-state index contributed by atoms with van der Waals surface area (Å²) < 4.78 is 12.2. The molecular formula is C23H19ClO5. The van der Waals surface area contributed by atoms with Gasteiger partial charge >= 0.3 is 5.97 Å². The van der Waals surface area contributed by atoms with Crippen LogP contribution in [0.5, 0.6) is 5.75 Å². The van der Waals surface area contributed by atoms with Crippen LogP contribution in [0.15, 0.2) is 51.7 Å². The second-order valence-corrected chi connectivity index (χ2v) is 8.27. The molecule has 2 aromatic carbocycles. The quantitative estimate of drug-likeness (QED) is 0.623. The third kappa shape index (κ3) is 3.40. The lowest BCUT2D eigenvalue weighted by Gasteiger charge is -2.33. The summed E-state index contributed by atoms with van der Waals surface area (Å²) >= 11 is 6.25. The zero-order valence-corrected chi connectivity index (χ0v) is 16.3. The molecule has 29 heavy (non-hydrogen) atoms. The molecule has 0 aliphatic heterocycles. The molecule has 2 fully saturated rings. The Morgan fingerprint density at radius 2 is 1.93 bits per heavy atom. The van der Waals surface area contributed by atoms with Crippen LogP contribution in [-0.4, -0.2) is 17.2 Å². The normalized spacial score (nSPS) is 21.0. The average Bonchev–Trinajstić information content (AvgIpc) is 3.50. The zero-order valence-electron chi connectivity index (χ0n) is 15.6. The lowest BCUT2D eigenvalue weighted by molar-refractivity contribution is -0.147. The summed E-state index contributed by atoms with van der Waals surface area (Å²) in [7, 11) is 0. The van der Waals surface area contributed by atoms with Crippen molar-refractivity contribution < 1.29 is 19.1 Å². The predicted molar refractivity (Wildman–Crippen MR) is 110 cm³/mol. The number of benzene rings is 2. The fourth-order valence-electron chi connectivity index (χ4n) is 3.83. The highest BCUT2D eigenvalue weighted by Crippen LogP contribution is 2.44. The van der Waals surface area contributed by atoms with Crippen LogP contribution in [0.4, 0.5) is 0 Å². The maximum Gasteiger partial charge on any atom is 0.306 e. The number of carbonyl (C=O) groups is 1. The van der Waals surface area contributed by atoms with Crippen LogP contribution in [0.2, 0.25) is 5.02 Å². The number of carboxylic acids is 1. The largest absolute Gasteiger partial charge is 0.490 e. The highest BCUT2D eigenvalue weighted by atomic mass is 35.5. The standard InChI is InChI=1S/C23H19ClO5/c24-18-3-1-2-16-19(25)11-21(29-22(16)18)17-7-6-13(12-4-5-12)10-20(17)28-15-8-14(9-15)23(26)27/h1-3,6-7,10-12,14-15H,4-5,8-9H2,(H,26,27). The monoisotopic (exact) mass is 410 g/mol. The molecule has 2 aliphatic rings. The molecule has 2 aliphatic carbocycles. The van der Waals surface area contributed by atoms with Gasteiger partial charge in [0.05, 0.1) is 21.9 Å². The van der Waals surface area contributed by atoms with Crippen molar-refractivity contribution in [2.45, 2.75) is 37.7 Å². The number of hydrogen-bond acceptors (Lipinski definition) is 4. The maximum atomic E-state index is 12.6. The summed E-state index contributed by atoms with van der Waals surface area (Å²) in [6.45, 7) is 0. The van der Waals surface area contributed by atoms with Crippen molar-refractivity contribution in [3.05, 3.63) is 63.3 Å². The first kappa shape index (κ1) is 18.3. The molecule has 6 heteroatoms. The molecule has 0 saturated heterocycles. The van der Waals surface area contributed by atoms with E-state index in [1.807, 2.05) is 18.2 Å². The molecule has 148 valence electrons. The number of halogens is 1. The molecule has 0 spiro atoms. The van der Waals surface area contributed by atoms with Crippen molar-refractivity contribution >= 4 is 28.5 Å². The molecular weight excluding hydrogens is 392 g/mol. The molecule has 5 nitrogen and oxygen atoms in total. The highest BCUT2D eigenvalue weighted by molar-refractivity contribution is 6.34. The molecule has 1 heterocycles. The van der Waals surface area contributed by atoms with Gasteiger partial charge in [-0.05, 0) is 61.4 Å². The molecule has 2 saturated carbocycles. The lowest BCUT2D eigenvalue weighted by Crippen LogP contribution is -2.38. The minimum atomic E-state index is -0.785. The Balaban J connectivity index is 1.56. The number of ether oxygens (including phenoxy) is 1. The van der Waals surface area contributed by atoms with E-state index in [4.69, 9.17) is 25.9 Å². The number of carboxylic acid groups (broad SMARTS) is 1. The topological polar surface area (TPSA) is 76.7 Å². The number of rotatable bonds is 5. The van der Waals surface area contributed by atoms with E-state index in [0.717, 1.165) is 12.8 Å². The molecule has 0 amide bonds. The van der Waals surface area contributed by atoms with Gasteiger partial charge in [-0.1, -0.05) is 23.7 Å². The number of para-hydroxylation sites is 1. The van der Waals surface area contributed by atoms with Gasteiger partial charge in [0.1, 0.15) is 17.6 Å². The number of aliphatic carboxylic acids is 1. The van der Waals surface area contributed by atoms with Gasteiger partial charge in [-0.2, -0.15) is 0 Å².